The summed E-state index contributed by atoms with van der Waals surface area (Å²) in [6, 6.07) is 3.08. The van der Waals surface area contributed by atoms with E-state index in [1.807, 2.05) is 18.1 Å². The van der Waals surface area contributed by atoms with Crippen LogP contribution in [0.2, 0.25) is 0 Å². The van der Waals surface area contributed by atoms with Gasteiger partial charge >= 0.3 is 0 Å². The van der Waals surface area contributed by atoms with Crippen LogP contribution in [-0.2, 0) is 0 Å². The van der Waals surface area contributed by atoms with Gasteiger partial charge in [-0.05, 0) is 44.4 Å². The second-order valence-electron chi connectivity index (χ2n) is 6.75. The lowest BCUT2D eigenvalue weighted by Gasteiger charge is -2.27. The van der Waals surface area contributed by atoms with Crippen LogP contribution in [0.5, 0.6) is 0 Å². The predicted octanol–water partition coefficient (Wildman–Crippen LogP) is 5.34. The zero-order chi connectivity index (χ0) is 18.4. The Morgan fingerprint density at radius 2 is 2.04 bits per heavy atom. The van der Waals surface area contributed by atoms with Gasteiger partial charge in [0.2, 0.25) is 0 Å². The van der Waals surface area contributed by atoms with Crippen molar-refractivity contribution in [3.63, 3.8) is 0 Å². The van der Waals surface area contributed by atoms with Crippen LogP contribution in [0.25, 0.3) is 0 Å². The van der Waals surface area contributed by atoms with Gasteiger partial charge in [0.05, 0.1) is 11.6 Å². The summed E-state index contributed by atoms with van der Waals surface area (Å²) in [5.41, 5.74) is 2.31. The van der Waals surface area contributed by atoms with Crippen molar-refractivity contribution in [3.05, 3.63) is 84.0 Å². The van der Waals surface area contributed by atoms with Crippen molar-refractivity contribution in [2.24, 2.45) is 5.41 Å². The van der Waals surface area contributed by atoms with Crippen LogP contribution in [0, 0.1) is 23.1 Å². The Kier molecular flexibility index (Phi) is 5.53. The molecule has 26 heavy (non-hydrogen) atoms. The van der Waals surface area contributed by atoms with Crippen LogP contribution >= 0.6 is 0 Å². The monoisotopic (exact) mass is 346 g/mol. The largest absolute Gasteiger partial charge is 0.336 e. The Bertz CT molecular complexity index is 860. The van der Waals surface area contributed by atoms with Gasteiger partial charge in [-0.2, -0.15) is 0 Å². The lowest BCUT2D eigenvalue weighted by atomic mass is 9.76. The van der Waals surface area contributed by atoms with Gasteiger partial charge in [0, 0.05) is 18.8 Å². The fraction of sp³-hybridized carbons (Fsp3) is 0.261. The van der Waals surface area contributed by atoms with E-state index in [2.05, 4.69) is 66.3 Å². The number of rotatable bonds is 3. The molecule has 0 radical (unpaired) electrons. The summed E-state index contributed by atoms with van der Waals surface area (Å²) in [6.07, 6.45) is 20.8. The summed E-state index contributed by atoms with van der Waals surface area (Å²) in [5, 5.41) is 0. The van der Waals surface area contributed by atoms with Crippen molar-refractivity contribution < 1.29 is 4.39 Å². The Hall–Kier alpha value is -2.86. The first-order chi connectivity index (χ1) is 12.6. The maximum Gasteiger partial charge on any atom is 0.141 e. The molecule has 0 N–H and O–H groups in total. The Morgan fingerprint density at radius 3 is 2.73 bits per heavy atom. The second-order valence-corrected chi connectivity index (χ2v) is 6.75. The molecule has 0 saturated heterocycles. The van der Waals surface area contributed by atoms with Crippen LogP contribution in [-0.4, -0.2) is 12.0 Å². The molecule has 2 aliphatic rings. The Morgan fingerprint density at radius 1 is 1.23 bits per heavy atom. The lowest BCUT2D eigenvalue weighted by Crippen LogP contribution is -2.20. The third kappa shape index (κ3) is 4.61. The topological polar surface area (TPSA) is 16.1 Å². The molecule has 0 fully saturated rings. The third-order valence-electron chi connectivity index (χ3n) is 4.57. The zero-order valence-corrected chi connectivity index (χ0v) is 15.2. The SMILES string of the molecule is C\C1=C/C=C\C=C(\C#CC2(/C=C\N(C)c3ccc(F)cn3)C=CC2)CC1. The number of nitrogens with zero attached hydrogens (tertiary/aromatic N) is 2. The molecule has 1 aromatic rings. The fourth-order valence-corrected chi connectivity index (χ4v) is 2.72. The van der Waals surface area contributed by atoms with Crippen LogP contribution in [0.3, 0.4) is 0 Å². The van der Waals surface area contributed by atoms with Crippen LogP contribution in [0.15, 0.2) is 78.2 Å². The maximum atomic E-state index is 13.0. The van der Waals surface area contributed by atoms with E-state index >= 15 is 0 Å². The Labute approximate surface area is 155 Å². The molecule has 0 bridgehead atoms. The van der Waals surface area contributed by atoms with Gasteiger partial charge in [-0.25, -0.2) is 9.37 Å². The van der Waals surface area contributed by atoms with Crippen molar-refractivity contribution >= 4 is 5.82 Å². The van der Waals surface area contributed by atoms with E-state index in [1.54, 1.807) is 6.07 Å². The Balaban J connectivity index is 1.72. The normalized spacial score (nSPS) is 27.0. The maximum absolute atomic E-state index is 13.0. The molecule has 0 amide bonds. The van der Waals surface area contributed by atoms with E-state index in [1.165, 1.54) is 17.8 Å². The second kappa shape index (κ2) is 8.01. The molecule has 3 rings (SSSR count). The molecule has 132 valence electrons. The van der Waals surface area contributed by atoms with Crippen LogP contribution < -0.4 is 4.90 Å². The number of pyridine rings is 1. The molecule has 1 unspecified atom stereocenters. The summed E-state index contributed by atoms with van der Waals surface area (Å²) in [7, 11) is 1.90. The molecular weight excluding hydrogens is 323 g/mol. The van der Waals surface area contributed by atoms with E-state index in [4.69, 9.17) is 0 Å². The molecule has 2 aliphatic carbocycles. The van der Waals surface area contributed by atoms with Crippen molar-refractivity contribution in [1.82, 2.24) is 4.98 Å². The zero-order valence-electron chi connectivity index (χ0n) is 15.2. The van der Waals surface area contributed by atoms with Gasteiger partial charge in [0.25, 0.3) is 0 Å². The average molecular weight is 346 g/mol. The van der Waals surface area contributed by atoms with Gasteiger partial charge in [0.1, 0.15) is 11.6 Å². The van der Waals surface area contributed by atoms with E-state index < -0.39 is 0 Å². The molecule has 0 saturated carbocycles. The minimum atomic E-state index is -0.331. The van der Waals surface area contributed by atoms with E-state index in [0.29, 0.717) is 5.82 Å². The van der Waals surface area contributed by atoms with Gasteiger partial charge in [-0.1, -0.05) is 53.9 Å². The molecule has 1 atom stereocenters. The quantitative estimate of drug-likeness (QED) is 0.542. The molecule has 0 aromatic carbocycles. The highest BCUT2D eigenvalue weighted by Gasteiger charge is 2.26. The van der Waals surface area contributed by atoms with E-state index in [0.717, 1.165) is 24.8 Å². The smallest absolute Gasteiger partial charge is 0.141 e. The first-order valence-corrected chi connectivity index (χ1v) is 8.84. The number of hydrogen-bond acceptors (Lipinski definition) is 2. The molecule has 2 nitrogen and oxygen atoms in total. The predicted molar refractivity (Wildman–Crippen MR) is 106 cm³/mol. The van der Waals surface area contributed by atoms with Crippen molar-refractivity contribution in [2.45, 2.75) is 26.2 Å². The number of halogens is 1. The highest BCUT2D eigenvalue weighted by molar-refractivity contribution is 5.45. The van der Waals surface area contributed by atoms with Crippen molar-refractivity contribution in [3.8, 4) is 11.8 Å². The standard InChI is InChI=1S/C23H23FN2/c1-19-6-3-4-7-20(9-8-19)12-15-23(13-5-14-23)16-17-26(2)22-11-10-21(24)18-25-22/h3-7,10-11,13,16-18H,8-9,14H2,1-2H3/b4-3-,17-16-,19-6+,20-7+. The highest BCUT2D eigenvalue weighted by Crippen LogP contribution is 2.34. The summed E-state index contributed by atoms with van der Waals surface area (Å²) < 4.78 is 13.0. The van der Waals surface area contributed by atoms with Crippen LogP contribution in [0.1, 0.15) is 26.2 Å². The van der Waals surface area contributed by atoms with E-state index in [9.17, 15) is 4.39 Å². The minimum Gasteiger partial charge on any atom is -0.336 e. The molecule has 3 heteroatoms. The van der Waals surface area contributed by atoms with Crippen LogP contribution in [0.4, 0.5) is 10.2 Å². The number of allylic oxidation sites excluding steroid dienone is 9. The molecule has 1 aromatic heterocycles. The van der Waals surface area contributed by atoms with Gasteiger partial charge in [-0.15, -0.1) is 0 Å². The van der Waals surface area contributed by atoms with Crippen molar-refractivity contribution in [2.75, 3.05) is 11.9 Å². The van der Waals surface area contributed by atoms with Gasteiger partial charge in [-0.3, -0.25) is 0 Å². The van der Waals surface area contributed by atoms with Crippen molar-refractivity contribution in [1.29, 1.82) is 0 Å². The summed E-state index contributed by atoms with van der Waals surface area (Å²) >= 11 is 0. The summed E-state index contributed by atoms with van der Waals surface area (Å²) in [6.45, 7) is 2.15. The molecule has 0 spiro atoms. The molecular formula is C23H23FN2. The van der Waals surface area contributed by atoms with E-state index in [-0.39, 0.29) is 11.2 Å². The first kappa shape index (κ1) is 17.9. The third-order valence-corrected chi connectivity index (χ3v) is 4.57. The van der Waals surface area contributed by atoms with Gasteiger partial charge < -0.3 is 4.90 Å². The number of anilines is 1. The lowest BCUT2D eigenvalue weighted by molar-refractivity contribution is 0.606. The molecule has 0 aliphatic heterocycles. The summed E-state index contributed by atoms with van der Waals surface area (Å²) in [4.78, 5) is 5.97. The van der Waals surface area contributed by atoms with Gasteiger partial charge in [0.15, 0.2) is 0 Å². The number of aromatic nitrogens is 1. The number of hydrogen-bond donors (Lipinski definition) is 0. The molecule has 1 heterocycles. The highest BCUT2D eigenvalue weighted by atomic mass is 19.1. The minimum absolute atomic E-state index is 0.230. The fourth-order valence-electron chi connectivity index (χ4n) is 2.72. The average Bonchev–Trinajstić information content (AvgIpc) is 2.59. The first-order valence-electron chi connectivity index (χ1n) is 8.84. The summed E-state index contributed by atoms with van der Waals surface area (Å²) in [5.74, 6) is 7.17.